The maximum atomic E-state index is 14.5. The van der Waals surface area contributed by atoms with Crippen molar-refractivity contribution in [2.24, 2.45) is 29.1 Å². The molecule has 4 amide bonds. The highest BCUT2D eigenvalue weighted by Crippen LogP contribution is 2.64. The number of likely N-dealkylation sites (tertiary alicyclic amines) is 1. The monoisotopic (exact) mass is 644 g/mol. The second-order valence-electron chi connectivity index (χ2n) is 12.4. The summed E-state index contributed by atoms with van der Waals surface area (Å²) in [5.74, 6) is -5.57. The Labute approximate surface area is 268 Å². The Bertz CT molecular complexity index is 1820. The van der Waals surface area contributed by atoms with Gasteiger partial charge in [0.1, 0.15) is 11.6 Å². The molecule has 7 nitrogen and oxygen atoms in total. The summed E-state index contributed by atoms with van der Waals surface area (Å²) in [6.45, 7) is 5.72. The Morgan fingerprint density at radius 1 is 1.09 bits per heavy atom. The van der Waals surface area contributed by atoms with Crippen LogP contribution in [0.1, 0.15) is 41.7 Å². The van der Waals surface area contributed by atoms with Crippen LogP contribution in [-0.2, 0) is 32.1 Å². The molecular formula is C35H30ClFN2O5S. The van der Waals surface area contributed by atoms with Gasteiger partial charge in [0.2, 0.25) is 23.6 Å². The van der Waals surface area contributed by atoms with Crippen LogP contribution in [0, 0.1) is 34.9 Å². The Balaban J connectivity index is 1.37. The third kappa shape index (κ3) is 4.27. The molecule has 2 aromatic carbocycles. The molecule has 2 aliphatic heterocycles. The lowest BCUT2D eigenvalue weighted by Crippen LogP contribution is -2.48. The molecule has 0 spiro atoms. The van der Waals surface area contributed by atoms with Gasteiger partial charge in [0.05, 0.1) is 40.4 Å². The van der Waals surface area contributed by atoms with Crippen molar-refractivity contribution in [3.05, 3.63) is 105 Å². The van der Waals surface area contributed by atoms with Gasteiger partial charge < -0.3 is 5.11 Å². The highest BCUT2D eigenvalue weighted by Gasteiger charge is 2.68. The minimum absolute atomic E-state index is 0.00252. The van der Waals surface area contributed by atoms with E-state index in [1.165, 1.54) is 28.4 Å². The average molecular weight is 645 g/mol. The first-order valence-corrected chi connectivity index (χ1v) is 16.2. The van der Waals surface area contributed by atoms with E-state index in [0.29, 0.717) is 24.0 Å². The van der Waals surface area contributed by atoms with E-state index in [-0.39, 0.29) is 41.2 Å². The summed E-state index contributed by atoms with van der Waals surface area (Å²) in [6.07, 6.45) is 4.50. The number of carbonyl (C=O) groups is 4. The average Bonchev–Trinajstić information content (AvgIpc) is 3.67. The maximum Gasteiger partial charge on any atom is 0.241 e. The zero-order valence-corrected chi connectivity index (χ0v) is 26.0. The fourth-order valence-corrected chi connectivity index (χ4v) is 9.04. The quantitative estimate of drug-likeness (QED) is 0.247. The van der Waals surface area contributed by atoms with E-state index in [9.17, 15) is 28.7 Å². The number of imide groups is 2. The molecule has 3 heterocycles. The predicted octanol–water partition coefficient (Wildman–Crippen LogP) is 6.41. The molecule has 6 atom stereocenters. The van der Waals surface area contributed by atoms with Crippen LogP contribution >= 0.6 is 22.9 Å². The number of carbonyl (C=O) groups excluding carboxylic acids is 4. The Kier molecular flexibility index (Phi) is 7.09. The molecule has 2 aliphatic carbocycles. The number of benzene rings is 2. The first kappa shape index (κ1) is 29.6. The molecule has 0 radical (unpaired) electrons. The van der Waals surface area contributed by atoms with Crippen molar-refractivity contribution in [1.29, 1.82) is 0 Å². The van der Waals surface area contributed by atoms with E-state index in [1.807, 2.05) is 23.6 Å². The van der Waals surface area contributed by atoms with Crippen LogP contribution in [-0.4, -0.2) is 33.6 Å². The molecule has 3 fully saturated rings. The van der Waals surface area contributed by atoms with E-state index in [0.717, 1.165) is 21.4 Å². The van der Waals surface area contributed by atoms with Crippen LogP contribution in [0.2, 0.25) is 5.02 Å². The number of para-hydroxylation sites is 1. The number of hydrogen-bond acceptors (Lipinski definition) is 6. The molecule has 1 N–H and O–H groups in total. The van der Waals surface area contributed by atoms with Crippen molar-refractivity contribution in [2.75, 3.05) is 4.90 Å². The summed E-state index contributed by atoms with van der Waals surface area (Å²) in [7, 11) is 0. The molecule has 0 unspecified atom stereocenters. The topological polar surface area (TPSA) is 95.0 Å². The fourth-order valence-electron chi connectivity index (χ4n) is 8.17. The zero-order valence-electron chi connectivity index (χ0n) is 24.4. The van der Waals surface area contributed by atoms with Crippen molar-refractivity contribution in [1.82, 2.24) is 4.90 Å². The summed E-state index contributed by atoms with van der Waals surface area (Å²) >= 11 is 7.55. The molecule has 7 rings (SSSR count). The molecule has 2 saturated heterocycles. The van der Waals surface area contributed by atoms with E-state index in [1.54, 1.807) is 31.2 Å². The molecule has 1 aromatic heterocycles. The standard InChI is InChI=1S/C35H30ClFN2O5S/c1-3-6-18-7-4-9-23(30(18)40)29-21-11-12-22-28(33(43)38(31(22)41)17-20-8-5-14-45-20)24(21)16-25-32(42)39(34(44)35(25,29)2)19-10-13-27(37)26(36)15-19/h3-5,7-11,13-15,22,24-25,28-29,40H,1,6,12,16-17H2,2H3/t22-,24+,25-,28-,29+,35+/m0/s1. The largest absolute Gasteiger partial charge is 0.507 e. The van der Waals surface area contributed by atoms with Crippen LogP contribution in [0.15, 0.2) is 78.2 Å². The van der Waals surface area contributed by atoms with Crippen molar-refractivity contribution in [3.63, 3.8) is 0 Å². The number of rotatable bonds is 6. The Morgan fingerprint density at radius 3 is 2.60 bits per heavy atom. The van der Waals surface area contributed by atoms with Gasteiger partial charge >= 0.3 is 0 Å². The van der Waals surface area contributed by atoms with Crippen LogP contribution in [0.5, 0.6) is 5.75 Å². The number of aromatic hydroxyl groups is 1. The van der Waals surface area contributed by atoms with Gasteiger partial charge in [-0.2, -0.15) is 0 Å². The van der Waals surface area contributed by atoms with Gasteiger partial charge in [-0.15, -0.1) is 17.9 Å². The highest BCUT2D eigenvalue weighted by molar-refractivity contribution is 7.09. The second kappa shape index (κ2) is 10.8. The van der Waals surface area contributed by atoms with Gasteiger partial charge in [0, 0.05) is 16.4 Å². The molecule has 230 valence electrons. The second-order valence-corrected chi connectivity index (χ2v) is 13.9. The van der Waals surface area contributed by atoms with E-state index in [2.05, 4.69) is 6.58 Å². The SMILES string of the molecule is C=CCc1cccc([C@H]2C3=CC[C@@H]4C(=O)N(Cc5cccs5)C(=O)[C@@H]4[C@@H]3C[C@H]3C(=O)N(c4ccc(F)c(Cl)c4)C(=O)[C@@]23C)c1O. The predicted molar refractivity (Wildman–Crippen MR) is 168 cm³/mol. The zero-order chi connectivity index (χ0) is 31.8. The number of fused-ring (bicyclic) bond motifs is 4. The number of halogens is 2. The van der Waals surface area contributed by atoms with Crippen LogP contribution in [0.25, 0.3) is 0 Å². The molecular weight excluding hydrogens is 615 g/mol. The van der Waals surface area contributed by atoms with E-state index >= 15 is 0 Å². The summed E-state index contributed by atoms with van der Waals surface area (Å²) in [5.41, 5.74) is 0.676. The van der Waals surface area contributed by atoms with Crippen molar-refractivity contribution in [2.45, 2.75) is 38.6 Å². The van der Waals surface area contributed by atoms with Crippen LogP contribution < -0.4 is 4.90 Å². The fraction of sp³-hybridized carbons (Fsp3) is 0.314. The highest BCUT2D eigenvalue weighted by atomic mass is 35.5. The summed E-state index contributed by atoms with van der Waals surface area (Å²) in [5, 5.41) is 13.3. The molecule has 0 bridgehead atoms. The first-order chi connectivity index (χ1) is 21.6. The first-order valence-electron chi connectivity index (χ1n) is 14.9. The van der Waals surface area contributed by atoms with E-state index < -0.39 is 52.6 Å². The van der Waals surface area contributed by atoms with Crippen molar-refractivity contribution < 1.29 is 28.7 Å². The summed E-state index contributed by atoms with van der Waals surface area (Å²) in [4.78, 5) is 59.8. The third-order valence-corrected chi connectivity index (χ3v) is 11.4. The summed E-state index contributed by atoms with van der Waals surface area (Å²) in [6, 6.07) is 12.8. The molecule has 4 aliphatic rings. The van der Waals surface area contributed by atoms with Gasteiger partial charge in [0.15, 0.2) is 0 Å². The van der Waals surface area contributed by atoms with Gasteiger partial charge in [-0.3, -0.25) is 24.1 Å². The molecule has 10 heteroatoms. The number of phenols is 1. The van der Waals surface area contributed by atoms with Crippen LogP contribution in [0.4, 0.5) is 10.1 Å². The minimum Gasteiger partial charge on any atom is -0.507 e. The van der Waals surface area contributed by atoms with E-state index in [4.69, 9.17) is 11.6 Å². The number of allylic oxidation sites excluding steroid dienone is 3. The number of thiophene rings is 1. The maximum absolute atomic E-state index is 14.5. The van der Waals surface area contributed by atoms with Gasteiger partial charge in [-0.25, -0.2) is 9.29 Å². The number of nitrogens with zero attached hydrogens (tertiary/aromatic N) is 2. The molecule has 45 heavy (non-hydrogen) atoms. The lowest BCUT2D eigenvalue weighted by atomic mass is 9.51. The Hall–Kier alpha value is -4.08. The molecule has 3 aromatic rings. The van der Waals surface area contributed by atoms with Crippen LogP contribution in [0.3, 0.4) is 0 Å². The van der Waals surface area contributed by atoms with Gasteiger partial charge in [-0.05, 0) is 67.3 Å². The lowest BCUT2D eigenvalue weighted by molar-refractivity contribution is -0.141. The van der Waals surface area contributed by atoms with Crippen molar-refractivity contribution in [3.8, 4) is 5.75 Å². The lowest BCUT2D eigenvalue weighted by Gasteiger charge is -2.49. The number of anilines is 1. The number of phenolic OH excluding ortho intramolecular Hbond substituents is 1. The smallest absolute Gasteiger partial charge is 0.241 e. The minimum atomic E-state index is -1.35. The number of amides is 4. The van der Waals surface area contributed by atoms with Crippen molar-refractivity contribution >= 4 is 52.3 Å². The van der Waals surface area contributed by atoms with Gasteiger partial charge in [0.25, 0.3) is 0 Å². The Morgan fingerprint density at radius 2 is 1.89 bits per heavy atom. The van der Waals surface area contributed by atoms with Gasteiger partial charge in [-0.1, -0.05) is 53.6 Å². The molecule has 1 saturated carbocycles. The third-order valence-electron chi connectivity index (χ3n) is 10.2. The summed E-state index contributed by atoms with van der Waals surface area (Å²) < 4.78 is 14.1. The number of hydrogen-bond donors (Lipinski definition) is 1. The normalized spacial score (nSPS) is 29.0.